The molecule has 4 aromatic rings. The second-order valence-corrected chi connectivity index (χ2v) is 8.57. The van der Waals surface area contributed by atoms with Gasteiger partial charge in [0.1, 0.15) is 0 Å². The topological polar surface area (TPSA) is 144 Å². The number of anilines is 2. The van der Waals surface area contributed by atoms with Crippen molar-refractivity contribution in [1.82, 2.24) is 0 Å². The molecule has 4 rings (SSSR count). The number of nitrogens with zero attached hydrogens (tertiary/aromatic N) is 2. The van der Waals surface area contributed by atoms with Crippen molar-refractivity contribution >= 4 is 66.6 Å². The molecule has 2 N–H and O–H groups in total. The van der Waals surface area contributed by atoms with Gasteiger partial charge in [0.2, 0.25) is 0 Å². The number of rotatable bonds is 6. The molecule has 0 saturated heterocycles. The van der Waals surface area contributed by atoms with E-state index in [0.29, 0.717) is 0 Å². The molecule has 0 saturated carbocycles. The van der Waals surface area contributed by atoms with Crippen molar-refractivity contribution in [3.8, 4) is 0 Å². The number of benzene rings is 2. The van der Waals surface area contributed by atoms with E-state index in [2.05, 4.69) is 10.6 Å². The lowest BCUT2D eigenvalue weighted by molar-refractivity contribution is -0.380. The third-order valence-corrected chi connectivity index (χ3v) is 6.44. The second-order valence-electron chi connectivity index (χ2n) is 6.44. The Bertz CT molecular complexity index is 1290. The molecule has 2 heterocycles. The Morgan fingerprint density at radius 1 is 0.688 bits per heavy atom. The fourth-order valence-corrected chi connectivity index (χ4v) is 4.34. The fraction of sp³-hybridized carbons (Fsp3) is 0. The largest absolute Gasteiger partial charge is 0.324 e. The minimum Gasteiger partial charge on any atom is -0.319 e. The number of hydrogen-bond donors (Lipinski definition) is 2. The third kappa shape index (κ3) is 4.31. The van der Waals surface area contributed by atoms with Crippen LogP contribution in [0.5, 0.6) is 0 Å². The highest BCUT2D eigenvalue weighted by atomic mass is 32.1. The van der Waals surface area contributed by atoms with Gasteiger partial charge in [-0.05, 0) is 35.0 Å². The Labute approximate surface area is 187 Å². The van der Waals surface area contributed by atoms with Gasteiger partial charge in [0.05, 0.1) is 31.0 Å². The summed E-state index contributed by atoms with van der Waals surface area (Å²) in [6, 6.07) is 15.8. The Morgan fingerprint density at radius 2 is 1.09 bits per heavy atom. The third-order valence-electron chi connectivity index (χ3n) is 4.37. The van der Waals surface area contributed by atoms with Crippen LogP contribution in [-0.4, -0.2) is 21.7 Å². The van der Waals surface area contributed by atoms with Crippen LogP contribution in [0.2, 0.25) is 0 Å². The summed E-state index contributed by atoms with van der Waals surface area (Å²) in [6.07, 6.45) is 0. The first-order valence-electron chi connectivity index (χ1n) is 8.96. The smallest absolute Gasteiger partial charge is 0.319 e. The number of fused-ring (bicyclic) bond motifs is 1. The highest BCUT2D eigenvalue weighted by molar-refractivity contribution is 7.17. The van der Waals surface area contributed by atoms with Crippen LogP contribution >= 0.6 is 22.7 Å². The summed E-state index contributed by atoms with van der Waals surface area (Å²) >= 11 is 1.47. The van der Waals surface area contributed by atoms with E-state index in [4.69, 9.17) is 0 Å². The van der Waals surface area contributed by atoms with Gasteiger partial charge in [-0.3, -0.25) is 29.8 Å². The highest BCUT2D eigenvalue weighted by Gasteiger charge is 2.19. The van der Waals surface area contributed by atoms with Gasteiger partial charge in [-0.2, -0.15) is 0 Å². The molecule has 32 heavy (non-hydrogen) atoms. The molecule has 2 amide bonds. The van der Waals surface area contributed by atoms with Crippen LogP contribution in [0.4, 0.5) is 21.4 Å². The number of carbonyl (C=O) groups is 2. The van der Waals surface area contributed by atoms with E-state index < -0.39 is 21.7 Å². The summed E-state index contributed by atoms with van der Waals surface area (Å²) in [6.45, 7) is 0. The van der Waals surface area contributed by atoms with Gasteiger partial charge in [0.15, 0.2) is 0 Å². The molecular weight excluding hydrogens is 456 g/mol. The van der Waals surface area contributed by atoms with Gasteiger partial charge >= 0.3 is 10.0 Å². The van der Waals surface area contributed by atoms with Crippen molar-refractivity contribution in [2.24, 2.45) is 0 Å². The van der Waals surface area contributed by atoms with Gasteiger partial charge < -0.3 is 10.6 Å². The van der Waals surface area contributed by atoms with Crippen molar-refractivity contribution in [2.75, 3.05) is 10.6 Å². The standard InChI is InChI=1S/C20H12N4O6S2/c25-19(15-5-7-17(31-15)23(27)28)21-13-9-11-3-1-2-4-12(11)10-14(13)22-20(26)16-6-8-18(32-16)24(29)30/h1-10H,(H,21,25)(H,22,26). The molecular formula is C20H12N4O6S2. The van der Waals surface area contributed by atoms with Gasteiger partial charge in [0.25, 0.3) is 11.8 Å². The Morgan fingerprint density at radius 3 is 1.44 bits per heavy atom. The fourth-order valence-electron chi connectivity index (χ4n) is 2.91. The van der Waals surface area contributed by atoms with Crippen molar-refractivity contribution < 1.29 is 19.4 Å². The van der Waals surface area contributed by atoms with Crippen LogP contribution < -0.4 is 10.6 Å². The molecule has 0 bridgehead atoms. The number of nitrogens with one attached hydrogen (secondary N) is 2. The maximum absolute atomic E-state index is 12.7. The molecule has 0 fully saturated rings. The first-order valence-corrected chi connectivity index (χ1v) is 10.6. The average molecular weight is 468 g/mol. The molecule has 0 aliphatic carbocycles. The summed E-state index contributed by atoms with van der Waals surface area (Å²) in [5, 5.41) is 28.4. The van der Waals surface area contributed by atoms with E-state index in [0.717, 1.165) is 33.4 Å². The number of hydrogen-bond acceptors (Lipinski definition) is 8. The van der Waals surface area contributed by atoms with E-state index in [-0.39, 0.29) is 31.1 Å². The Hall–Kier alpha value is -4.16. The predicted octanol–water partition coefficient (Wildman–Crippen LogP) is 5.28. The summed E-state index contributed by atoms with van der Waals surface area (Å²) < 4.78 is 0. The molecule has 0 radical (unpaired) electrons. The summed E-state index contributed by atoms with van der Waals surface area (Å²) in [7, 11) is 0. The maximum Gasteiger partial charge on any atom is 0.324 e. The molecule has 12 heteroatoms. The first kappa shape index (κ1) is 21.1. The first-order chi connectivity index (χ1) is 15.3. The second kappa shape index (κ2) is 8.53. The van der Waals surface area contributed by atoms with Crippen molar-refractivity contribution in [2.45, 2.75) is 0 Å². The van der Waals surface area contributed by atoms with Gasteiger partial charge in [-0.1, -0.05) is 46.9 Å². The van der Waals surface area contributed by atoms with E-state index in [9.17, 15) is 29.8 Å². The van der Waals surface area contributed by atoms with E-state index in [1.807, 2.05) is 24.3 Å². The average Bonchev–Trinajstić information content (AvgIpc) is 3.44. The van der Waals surface area contributed by atoms with Gasteiger partial charge in [-0.25, -0.2) is 0 Å². The molecule has 0 aliphatic rings. The van der Waals surface area contributed by atoms with E-state index in [1.165, 1.54) is 24.3 Å². The number of nitro groups is 2. The molecule has 0 spiro atoms. The van der Waals surface area contributed by atoms with Gasteiger partial charge in [0, 0.05) is 12.1 Å². The van der Waals surface area contributed by atoms with Crippen molar-refractivity contribution in [1.29, 1.82) is 0 Å². The lowest BCUT2D eigenvalue weighted by atomic mass is 10.1. The van der Waals surface area contributed by atoms with Crippen LogP contribution in [0.15, 0.2) is 60.7 Å². The van der Waals surface area contributed by atoms with Crippen molar-refractivity contribution in [3.63, 3.8) is 0 Å². The lowest BCUT2D eigenvalue weighted by Gasteiger charge is -2.13. The SMILES string of the molecule is O=C(Nc1cc2ccccc2cc1NC(=O)c1ccc([N+](=O)[O-])s1)c1ccc([N+](=O)[O-])s1. The quantitative estimate of drug-likeness (QED) is 0.291. The molecule has 10 nitrogen and oxygen atoms in total. The van der Waals surface area contributed by atoms with Crippen LogP contribution in [-0.2, 0) is 0 Å². The van der Waals surface area contributed by atoms with E-state index >= 15 is 0 Å². The normalized spacial score (nSPS) is 10.6. The van der Waals surface area contributed by atoms with Crippen LogP contribution in [0.1, 0.15) is 19.3 Å². The number of amides is 2. The van der Waals surface area contributed by atoms with Crippen molar-refractivity contribution in [3.05, 3.63) is 90.6 Å². The number of thiophene rings is 2. The molecule has 2 aromatic carbocycles. The van der Waals surface area contributed by atoms with Crippen LogP contribution in [0, 0.1) is 20.2 Å². The zero-order valence-corrected chi connectivity index (χ0v) is 17.6. The lowest BCUT2D eigenvalue weighted by Crippen LogP contribution is -2.15. The molecule has 0 aliphatic heterocycles. The minimum atomic E-state index is -0.580. The molecule has 0 unspecified atom stereocenters. The van der Waals surface area contributed by atoms with E-state index in [1.54, 1.807) is 12.1 Å². The van der Waals surface area contributed by atoms with Gasteiger partial charge in [-0.15, -0.1) is 0 Å². The maximum atomic E-state index is 12.7. The molecule has 160 valence electrons. The Kier molecular flexibility index (Phi) is 5.62. The molecule has 0 atom stereocenters. The highest BCUT2D eigenvalue weighted by Crippen LogP contribution is 2.32. The molecule has 2 aromatic heterocycles. The zero-order chi connectivity index (χ0) is 22.8. The summed E-state index contributed by atoms with van der Waals surface area (Å²) in [4.78, 5) is 46.2. The van der Waals surface area contributed by atoms with Crippen LogP contribution in [0.25, 0.3) is 10.8 Å². The minimum absolute atomic E-state index is 0.135. The Balaban J connectivity index is 1.66. The monoisotopic (exact) mass is 468 g/mol. The number of carbonyl (C=O) groups excluding carboxylic acids is 2. The zero-order valence-electron chi connectivity index (χ0n) is 15.9. The summed E-state index contributed by atoms with van der Waals surface area (Å²) in [5.41, 5.74) is 0.563. The van der Waals surface area contributed by atoms with Crippen LogP contribution in [0.3, 0.4) is 0 Å². The summed E-state index contributed by atoms with van der Waals surface area (Å²) in [5.74, 6) is -1.14. The predicted molar refractivity (Wildman–Crippen MR) is 122 cm³/mol.